The molecule has 0 bridgehead atoms. The maximum absolute atomic E-state index is 11.5. The summed E-state index contributed by atoms with van der Waals surface area (Å²) in [6.45, 7) is 0.732. The van der Waals surface area contributed by atoms with E-state index in [1.54, 1.807) is 11.8 Å². The molecule has 0 radical (unpaired) electrons. The summed E-state index contributed by atoms with van der Waals surface area (Å²) in [4.78, 5) is 22.9. The lowest BCUT2D eigenvalue weighted by Gasteiger charge is -2.14. The molecule has 1 rings (SSSR count). The Kier molecular flexibility index (Phi) is 5.53. The highest BCUT2D eigenvalue weighted by Crippen LogP contribution is 2.06. The predicted octanol–water partition coefficient (Wildman–Crippen LogP) is 0.524. The number of thioether (sulfide) groups is 1. The highest BCUT2D eigenvalue weighted by atomic mass is 32.2. The van der Waals surface area contributed by atoms with Crippen LogP contribution >= 0.6 is 11.8 Å². The van der Waals surface area contributed by atoms with E-state index in [0.717, 1.165) is 31.6 Å². The molecule has 86 valence electrons. The summed E-state index contributed by atoms with van der Waals surface area (Å²) < 4.78 is 0. The zero-order valence-electron chi connectivity index (χ0n) is 9.04. The Labute approximate surface area is 94.6 Å². The van der Waals surface area contributed by atoms with Gasteiger partial charge in [-0.3, -0.25) is 9.59 Å². The number of carbonyl (C=O) groups excluding carboxylic acids is 2. The van der Waals surface area contributed by atoms with Crippen LogP contribution < -0.4 is 10.6 Å². The minimum Gasteiger partial charge on any atom is -0.354 e. The summed E-state index contributed by atoms with van der Waals surface area (Å²) in [5.74, 6) is 0.747. The van der Waals surface area contributed by atoms with E-state index >= 15 is 0 Å². The van der Waals surface area contributed by atoms with Crippen LogP contribution in [0.5, 0.6) is 0 Å². The highest BCUT2D eigenvalue weighted by molar-refractivity contribution is 7.98. The normalized spacial score (nSPS) is 21.7. The molecule has 5 heteroatoms. The minimum absolute atomic E-state index is 0.0219. The molecule has 15 heavy (non-hydrogen) atoms. The fraction of sp³-hybridized carbons (Fsp3) is 0.800. The number of nitrogens with one attached hydrogen (secondary N) is 2. The molecule has 0 aliphatic carbocycles. The molecule has 1 atom stereocenters. The van der Waals surface area contributed by atoms with Gasteiger partial charge < -0.3 is 10.6 Å². The molecule has 0 aromatic rings. The summed E-state index contributed by atoms with van der Waals surface area (Å²) in [6, 6.07) is -0.318. The molecule has 0 saturated carbocycles. The van der Waals surface area contributed by atoms with E-state index in [1.165, 1.54) is 0 Å². The Bertz CT molecular complexity index is 233. The Balaban J connectivity index is 2.34. The van der Waals surface area contributed by atoms with E-state index in [4.69, 9.17) is 0 Å². The van der Waals surface area contributed by atoms with E-state index in [1.807, 2.05) is 6.26 Å². The van der Waals surface area contributed by atoms with Crippen molar-refractivity contribution in [1.82, 2.24) is 10.6 Å². The van der Waals surface area contributed by atoms with Gasteiger partial charge in [0.1, 0.15) is 6.04 Å². The maximum Gasteiger partial charge on any atom is 0.242 e. The number of rotatable bonds is 4. The van der Waals surface area contributed by atoms with Crippen LogP contribution in [0.15, 0.2) is 0 Å². The Morgan fingerprint density at radius 2 is 2.40 bits per heavy atom. The Morgan fingerprint density at radius 3 is 3.13 bits per heavy atom. The summed E-state index contributed by atoms with van der Waals surface area (Å²) in [7, 11) is 0. The molecular formula is C10H18N2O2S. The highest BCUT2D eigenvalue weighted by Gasteiger charge is 2.21. The van der Waals surface area contributed by atoms with Crippen molar-refractivity contribution in [3.05, 3.63) is 0 Å². The molecule has 1 fully saturated rings. The van der Waals surface area contributed by atoms with Crippen molar-refractivity contribution in [2.24, 2.45) is 0 Å². The summed E-state index contributed by atoms with van der Waals surface area (Å²) >= 11 is 1.64. The largest absolute Gasteiger partial charge is 0.354 e. The van der Waals surface area contributed by atoms with Crippen LogP contribution in [-0.2, 0) is 9.59 Å². The first-order valence-corrected chi connectivity index (χ1v) is 6.69. The molecule has 0 unspecified atom stereocenters. The zero-order chi connectivity index (χ0) is 11.1. The molecular weight excluding hydrogens is 212 g/mol. The summed E-state index contributed by atoms with van der Waals surface area (Å²) in [5, 5.41) is 5.58. The van der Waals surface area contributed by atoms with Crippen LogP contribution in [-0.4, -0.2) is 36.4 Å². The third-order valence-corrected chi connectivity index (χ3v) is 3.02. The van der Waals surface area contributed by atoms with Crippen LogP contribution in [0.4, 0.5) is 0 Å². The third kappa shape index (κ3) is 4.55. The molecule has 0 aromatic carbocycles. The number of hydrogen-bond donors (Lipinski definition) is 2. The van der Waals surface area contributed by atoms with E-state index < -0.39 is 0 Å². The van der Waals surface area contributed by atoms with E-state index in [2.05, 4.69) is 10.6 Å². The molecule has 1 heterocycles. The van der Waals surface area contributed by atoms with Crippen LogP contribution in [0.3, 0.4) is 0 Å². The lowest BCUT2D eigenvalue weighted by atomic mass is 10.1. The fourth-order valence-electron chi connectivity index (χ4n) is 1.54. The minimum atomic E-state index is -0.318. The van der Waals surface area contributed by atoms with Crippen molar-refractivity contribution in [3.8, 4) is 0 Å². The van der Waals surface area contributed by atoms with Crippen molar-refractivity contribution in [2.45, 2.75) is 31.7 Å². The molecule has 0 aromatic heterocycles. The molecule has 4 nitrogen and oxygen atoms in total. The topological polar surface area (TPSA) is 58.2 Å². The first-order chi connectivity index (χ1) is 7.24. The first kappa shape index (κ1) is 12.4. The predicted molar refractivity (Wildman–Crippen MR) is 61.8 cm³/mol. The first-order valence-electron chi connectivity index (χ1n) is 5.30. The van der Waals surface area contributed by atoms with Gasteiger partial charge in [-0.15, -0.1) is 0 Å². The van der Waals surface area contributed by atoms with Crippen molar-refractivity contribution >= 4 is 23.6 Å². The number of carbonyl (C=O) groups is 2. The quantitative estimate of drug-likeness (QED) is 0.740. The Hall–Kier alpha value is -0.710. The third-order valence-electron chi connectivity index (χ3n) is 2.40. The maximum atomic E-state index is 11.5. The molecule has 1 saturated heterocycles. The van der Waals surface area contributed by atoms with E-state index in [-0.39, 0.29) is 17.9 Å². The monoisotopic (exact) mass is 230 g/mol. The fourth-order valence-corrected chi connectivity index (χ4v) is 1.93. The second-order valence-corrected chi connectivity index (χ2v) is 4.64. The van der Waals surface area contributed by atoms with Gasteiger partial charge in [-0.05, 0) is 25.5 Å². The average molecular weight is 230 g/mol. The summed E-state index contributed by atoms with van der Waals surface area (Å²) in [6.07, 6.45) is 5.21. The molecule has 2 N–H and O–H groups in total. The Morgan fingerprint density at radius 1 is 1.60 bits per heavy atom. The van der Waals surface area contributed by atoms with E-state index in [0.29, 0.717) is 6.42 Å². The molecule has 2 amide bonds. The van der Waals surface area contributed by atoms with E-state index in [9.17, 15) is 9.59 Å². The molecule has 0 spiro atoms. The van der Waals surface area contributed by atoms with Gasteiger partial charge in [0.15, 0.2) is 0 Å². The second kappa shape index (κ2) is 6.71. The van der Waals surface area contributed by atoms with Gasteiger partial charge in [0.05, 0.1) is 0 Å². The van der Waals surface area contributed by atoms with Crippen molar-refractivity contribution in [2.75, 3.05) is 18.6 Å². The van der Waals surface area contributed by atoms with Gasteiger partial charge in [0.25, 0.3) is 0 Å². The van der Waals surface area contributed by atoms with Crippen molar-refractivity contribution in [3.63, 3.8) is 0 Å². The summed E-state index contributed by atoms with van der Waals surface area (Å²) in [5.41, 5.74) is 0. The van der Waals surface area contributed by atoms with Gasteiger partial charge in [-0.2, -0.15) is 11.8 Å². The zero-order valence-corrected chi connectivity index (χ0v) is 9.86. The van der Waals surface area contributed by atoms with Gasteiger partial charge in [-0.25, -0.2) is 0 Å². The van der Waals surface area contributed by atoms with Crippen molar-refractivity contribution < 1.29 is 9.59 Å². The van der Waals surface area contributed by atoms with Crippen LogP contribution in [0, 0.1) is 0 Å². The number of amides is 2. The lowest BCUT2D eigenvalue weighted by molar-refractivity contribution is -0.128. The average Bonchev–Trinajstić information content (AvgIpc) is 2.42. The molecule has 1 aliphatic heterocycles. The van der Waals surface area contributed by atoms with Crippen LogP contribution in [0.2, 0.25) is 0 Å². The second-order valence-electron chi connectivity index (χ2n) is 3.65. The van der Waals surface area contributed by atoms with Crippen LogP contribution in [0.1, 0.15) is 25.7 Å². The lowest BCUT2D eigenvalue weighted by Crippen LogP contribution is -2.45. The smallest absolute Gasteiger partial charge is 0.242 e. The SMILES string of the molecule is CSCCC(=O)N[C@H]1CCCCNC1=O. The molecule has 1 aliphatic rings. The van der Waals surface area contributed by atoms with Gasteiger partial charge in [0.2, 0.25) is 11.8 Å². The van der Waals surface area contributed by atoms with Gasteiger partial charge in [0, 0.05) is 18.7 Å². The van der Waals surface area contributed by atoms with Crippen LogP contribution in [0.25, 0.3) is 0 Å². The standard InChI is InChI=1S/C10H18N2O2S/c1-15-7-5-9(13)12-8-4-2-3-6-11-10(8)14/h8H,2-7H2,1H3,(H,11,14)(H,12,13)/t8-/m0/s1. The number of hydrogen-bond acceptors (Lipinski definition) is 3. The van der Waals surface area contributed by atoms with Gasteiger partial charge >= 0.3 is 0 Å². The van der Waals surface area contributed by atoms with Crippen molar-refractivity contribution in [1.29, 1.82) is 0 Å². The van der Waals surface area contributed by atoms with Gasteiger partial charge in [-0.1, -0.05) is 0 Å².